The van der Waals surface area contributed by atoms with E-state index < -0.39 is 5.82 Å². The first-order valence-electron chi connectivity index (χ1n) is 10.3. The van der Waals surface area contributed by atoms with Crippen molar-refractivity contribution in [2.45, 2.75) is 34.6 Å². The van der Waals surface area contributed by atoms with Crippen molar-refractivity contribution in [1.82, 2.24) is 24.6 Å². The zero-order valence-electron chi connectivity index (χ0n) is 18.1. The van der Waals surface area contributed by atoms with Crippen molar-refractivity contribution in [1.29, 1.82) is 0 Å². The molecule has 0 saturated heterocycles. The molecule has 0 atom stereocenters. The molecule has 0 bridgehead atoms. The van der Waals surface area contributed by atoms with Crippen LogP contribution in [0.25, 0.3) is 27.9 Å². The van der Waals surface area contributed by atoms with Crippen LogP contribution in [0.1, 0.15) is 33.5 Å². The molecule has 0 radical (unpaired) electrons. The maximum atomic E-state index is 14.4. The van der Waals surface area contributed by atoms with Crippen molar-refractivity contribution in [2.75, 3.05) is 18.0 Å². The summed E-state index contributed by atoms with van der Waals surface area (Å²) in [6.07, 6.45) is 3.51. The molecule has 4 aromatic rings. The van der Waals surface area contributed by atoms with Crippen LogP contribution < -0.4 is 4.90 Å². The highest BCUT2D eigenvalue weighted by atomic mass is 19.1. The Morgan fingerprint density at radius 1 is 1.03 bits per heavy atom. The van der Waals surface area contributed by atoms with Gasteiger partial charge < -0.3 is 4.90 Å². The summed E-state index contributed by atoms with van der Waals surface area (Å²) in [7, 11) is 0. The van der Waals surface area contributed by atoms with Crippen molar-refractivity contribution < 1.29 is 4.39 Å². The van der Waals surface area contributed by atoms with Gasteiger partial charge in [0.05, 0.1) is 5.52 Å². The van der Waals surface area contributed by atoms with Gasteiger partial charge in [-0.05, 0) is 43.0 Å². The summed E-state index contributed by atoms with van der Waals surface area (Å²) in [5.74, 6) is 1.69. The molecule has 0 spiro atoms. The minimum atomic E-state index is -0.440. The second kappa shape index (κ2) is 7.97. The smallest absolute Gasteiger partial charge is 0.191 e. The number of rotatable bonds is 6. The summed E-state index contributed by atoms with van der Waals surface area (Å²) >= 11 is 0. The number of aryl methyl sites for hydroxylation is 1. The minimum absolute atomic E-state index is 0.206. The Labute approximate surface area is 175 Å². The lowest BCUT2D eigenvalue weighted by atomic mass is 10.1. The zero-order valence-corrected chi connectivity index (χ0v) is 18.1. The quantitative estimate of drug-likeness (QED) is 0.456. The van der Waals surface area contributed by atoms with Crippen molar-refractivity contribution >= 4 is 22.2 Å². The molecular weight excluding hydrogens is 379 g/mol. The molecule has 30 heavy (non-hydrogen) atoms. The molecule has 1 aromatic carbocycles. The van der Waals surface area contributed by atoms with Crippen molar-refractivity contribution in [2.24, 2.45) is 11.8 Å². The highest BCUT2D eigenvalue weighted by Gasteiger charge is 2.14. The molecule has 0 N–H and O–H groups in total. The standard InChI is InChI=1S/C23H27FN6/c1-14(2)11-29(12-15(3)4)19-6-7-21-17(8-19)10-25-22(27-21)18-9-20(24)23-26-16(5)28-30(23)13-18/h6-10,13-15H,11-12H2,1-5H3. The second-order valence-corrected chi connectivity index (χ2v) is 8.63. The number of nitrogens with zero attached hydrogens (tertiary/aromatic N) is 6. The summed E-state index contributed by atoms with van der Waals surface area (Å²) in [6.45, 7) is 12.7. The van der Waals surface area contributed by atoms with Gasteiger partial charge in [-0.25, -0.2) is 23.9 Å². The lowest BCUT2D eigenvalue weighted by molar-refractivity contribution is 0.553. The predicted octanol–water partition coefficient (Wildman–Crippen LogP) is 4.91. The van der Waals surface area contributed by atoms with E-state index in [4.69, 9.17) is 0 Å². The maximum absolute atomic E-state index is 14.4. The Morgan fingerprint density at radius 2 is 1.77 bits per heavy atom. The number of aromatic nitrogens is 5. The Kier molecular flexibility index (Phi) is 5.37. The normalized spacial score (nSPS) is 11.9. The summed E-state index contributed by atoms with van der Waals surface area (Å²) in [6, 6.07) is 7.66. The molecule has 156 valence electrons. The van der Waals surface area contributed by atoms with Crippen LogP contribution in [-0.2, 0) is 0 Å². The van der Waals surface area contributed by atoms with Crippen molar-refractivity contribution in [3.05, 3.63) is 48.3 Å². The van der Waals surface area contributed by atoms with E-state index in [2.05, 4.69) is 64.8 Å². The Hall–Kier alpha value is -3.09. The Bertz CT molecular complexity index is 1190. The van der Waals surface area contributed by atoms with E-state index in [0.717, 1.165) is 24.0 Å². The molecule has 0 saturated carbocycles. The minimum Gasteiger partial charge on any atom is -0.371 e. The van der Waals surface area contributed by atoms with Gasteiger partial charge in [-0.15, -0.1) is 0 Å². The first-order valence-corrected chi connectivity index (χ1v) is 10.3. The highest BCUT2D eigenvalue weighted by Crippen LogP contribution is 2.25. The molecule has 7 heteroatoms. The molecule has 6 nitrogen and oxygen atoms in total. The van der Waals surface area contributed by atoms with Crippen LogP contribution in [0.3, 0.4) is 0 Å². The number of hydrogen-bond acceptors (Lipinski definition) is 5. The van der Waals surface area contributed by atoms with E-state index in [1.165, 1.54) is 16.3 Å². The summed E-state index contributed by atoms with van der Waals surface area (Å²) < 4.78 is 15.9. The topological polar surface area (TPSA) is 59.2 Å². The van der Waals surface area contributed by atoms with Crippen LogP contribution in [0.2, 0.25) is 0 Å². The number of anilines is 1. The molecule has 4 rings (SSSR count). The summed E-state index contributed by atoms with van der Waals surface area (Å²) in [5.41, 5.74) is 2.77. The molecule has 0 unspecified atom stereocenters. The van der Waals surface area contributed by atoms with E-state index in [0.29, 0.717) is 29.0 Å². The molecule has 0 aliphatic heterocycles. The van der Waals surface area contributed by atoms with Gasteiger partial charge in [0.15, 0.2) is 17.3 Å². The third-order valence-electron chi connectivity index (χ3n) is 4.85. The first kappa shape index (κ1) is 20.2. The van der Waals surface area contributed by atoms with E-state index in [1.807, 2.05) is 6.07 Å². The van der Waals surface area contributed by atoms with E-state index in [1.54, 1.807) is 19.3 Å². The van der Waals surface area contributed by atoms with Gasteiger partial charge in [0.1, 0.15) is 5.82 Å². The van der Waals surface area contributed by atoms with E-state index >= 15 is 0 Å². The van der Waals surface area contributed by atoms with E-state index in [-0.39, 0.29) is 5.65 Å². The molecule has 0 amide bonds. The number of halogens is 1. The average molecular weight is 407 g/mol. The lowest BCUT2D eigenvalue weighted by Gasteiger charge is -2.28. The van der Waals surface area contributed by atoms with Gasteiger partial charge in [-0.3, -0.25) is 0 Å². The van der Waals surface area contributed by atoms with Gasteiger partial charge in [0, 0.05) is 42.1 Å². The van der Waals surface area contributed by atoms with Crippen molar-refractivity contribution in [3.63, 3.8) is 0 Å². The maximum Gasteiger partial charge on any atom is 0.191 e. The SMILES string of the molecule is Cc1nc2c(F)cc(-c3ncc4cc(N(CC(C)C)CC(C)C)ccc4n3)cn2n1. The van der Waals surface area contributed by atoms with Crippen LogP contribution in [-0.4, -0.2) is 37.7 Å². The molecule has 3 aromatic heterocycles. The van der Waals surface area contributed by atoms with Gasteiger partial charge in [0.25, 0.3) is 0 Å². The van der Waals surface area contributed by atoms with Crippen LogP contribution in [0, 0.1) is 24.6 Å². The van der Waals surface area contributed by atoms with Crippen LogP contribution >= 0.6 is 0 Å². The third-order valence-corrected chi connectivity index (χ3v) is 4.85. The Morgan fingerprint density at radius 3 is 2.47 bits per heavy atom. The second-order valence-electron chi connectivity index (χ2n) is 8.63. The largest absolute Gasteiger partial charge is 0.371 e. The fourth-order valence-electron chi connectivity index (χ4n) is 3.70. The number of hydrogen-bond donors (Lipinski definition) is 0. The number of benzene rings is 1. The fraction of sp³-hybridized carbons (Fsp3) is 0.391. The summed E-state index contributed by atoms with van der Waals surface area (Å²) in [4.78, 5) is 15.7. The molecule has 3 heterocycles. The molecule has 0 aliphatic carbocycles. The van der Waals surface area contributed by atoms with Gasteiger partial charge in [-0.1, -0.05) is 27.7 Å². The molecule has 0 fully saturated rings. The number of pyridine rings is 1. The van der Waals surface area contributed by atoms with Crippen LogP contribution in [0.5, 0.6) is 0 Å². The highest BCUT2D eigenvalue weighted by molar-refractivity contribution is 5.83. The van der Waals surface area contributed by atoms with Crippen LogP contribution in [0.4, 0.5) is 10.1 Å². The van der Waals surface area contributed by atoms with Gasteiger partial charge in [0.2, 0.25) is 0 Å². The summed E-state index contributed by atoms with van der Waals surface area (Å²) in [5, 5.41) is 5.17. The lowest BCUT2D eigenvalue weighted by Crippen LogP contribution is -2.31. The molecule has 0 aliphatic rings. The zero-order chi connectivity index (χ0) is 21.4. The van der Waals surface area contributed by atoms with E-state index in [9.17, 15) is 4.39 Å². The van der Waals surface area contributed by atoms with Crippen molar-refractivity contribution in [3.8, 4) is 11.4 Å². The average Bonchev–Trinajstić information content (AvgIpc) is 3.07. The number of fused-ring (bicyclic) bond motifs is 2. The third kappa shape index (κ3) is 4.10. The predicted molar refractivity (Wildman–Crippen MR) is 118 cm³/mol. The first-order chi connectivity index (χ1) is 14.3. The molecular formula is C23H27FN6. The van der Waals surface area contributed by atoms with Crippen LogP contribution in [0.15, 0.2) is 36.7 Å². The van der Waals surface area contributed by atoms with Gasteiger partial charge in [-0.2, -0.15) is 5.10 Å². The fourth-order valence-corrected chi connectivity index (χ4v) is 3.70. The Balaban J connectivity index is 1.71. The van der Waals surface area contributed by atoms with Gasteiger partial charge >= 0.3 is 0 Å². The monoisotopic (exact) mass is 406 g/mol.